The first kappa shape index (κ1) is 11.7. The van der Waals surface area contributed by atoms with Gasteiger partial charge in [-0.3, -0.25) is 4.57 Å². The minimum absolute atomic E-state index is 0.0893. The molecule has 6 heteroatoms. The van der Waals surface area contributed by atoms with Gasteiger partial charge in [0.25, 0.3) is 0 Å². The van der Waals surface area contributed by atoms with E-state index in [1.54, 1.807) is 18.2 Å². The van der Waals surface area contributed by atoms with Crippen LogP contribution in [0.5, 0.6) is 0 Å². The number of hydrogen-bond acceptors (Lipinski definition) is 3. The highest BCUT2D eigenvalue weighted by molar-refractivity contribution is 9.10. The summed E-state index contributed by atoms with van der Waals surface area (Å²) in [4.78, 5) is 3.85. The van der Waals surface area contributed by atoms with Crippen LogP contribution in [0, 0.1) is 22.7 Å². The molecule has 82 valence electrons. The zero-order valence-electron chi connectivity index (χ0n) is 8.35. The summed E-state index contributed by atoms with van der Waals surface area (Å²) in [5, 5.41) is 18.3. The third-order valence-corrected chi connectivity index (χ3v) is 2.94. The average Bonchev–Trinajstić information content (AvgIpc) is 2.71. The number of imidazole rings is 1. The fraction of sp³-hybridized carbons (Fsp3) is 0. The molecule has 0 aliphatic carbocycles. The third-order valence-electron chi connectivity index (χ3n) is 2.15. The number of benzene rings is 1. The molecule has 17 heavy (non-hydrogen) atoms. The van der Waals surface area contributed by atoms with E-state index in [1.165, 1.54) is 10.9 Å². The van der Waals surface area contributed by atoms with Gasteiger partial charge in [0.05, 0.1) is 10.7 Å². The second kappa shape index (κ2) is 4.58. The Kier molecular flexibility index (Phi) is 3.14. The van der Waals surface area contributed by atoms with Gasteiger partial charge in [-0.2, -0.15) is 10.5 Å². The first-order chi connectivity index (χ1) is 8.17. The summed E-state index contributed by atoms with van der Waals surface area (Å²) in [5.74, 6) is 0. The van der Waals surface area contributed by atoms with Gasteiger partial charge in [-0.15, -0.1) is 0 Å². The smallest absolute Gasteiger partial charge is 0.177 e. The quantitative estimate of drug-likeness (QED) is 0.813. The summed E-state index contributed by atoms with van der Waals surface area (Å²) in [5.41, 5.74) is 0.878. The van der Waals surface area contributed by atoms with E-state index in [1.807, 2.05) is 12.1 Å². The Morgan fingerprint density at radius 2 is 2.06 bits per heavy atom. The summed E-state index contributed by atoms with van der Waals surface area (Å²) in [6.45, 7) is 0. The normalized spacial score (nSPS) is 9.65. The van der Waals surface area contributed by atoms with Gasteiger partial charge in [-0.1, -0.05) is 27.5 Å². The van der Waals surface area contributed by atoms with Gasteiger partial charge in [0.1, 0.15) is 18.5 Å². The van der Waals surface area contributed by atoms with Gasteiger partial charge in [0.15, 0.2) is 11.4 Å². The Labute approximate surface area is 111 Å². The lowest BCUT2D eigenvalue weighted by atomic mass is 10.3. The number of halogens is 2. The Balaban J connectivity index is 2.66. The molecular formula is C11H4BrClN4. The molecule has 0 amide bonds. The molecule has 0 fully saturated rings. The SMILES string of the molecule is N#Cc1ncn(-c2ccc(Br)cc2Cl)c1C#N. The highest BCUT2D eigenvalue weighted by Crippen LogP contribution is 2.26. The van der Waals surface area contributed by atoms with Crippen molar-refractivity contribution in [2.24, 2.45) is 0 Å². The van der Waals surface area contributed by atoms with Crippen molar-refractivity contribution < 1.29 is 0 Å². The van der Waals surface area contributed by atoms with Crippen LogP contribution in [-0.4, -0.2) is 9.55 Å². The zero-order chi connectivity index (χ0) is 12.4. The predicted molar refractivity (Wildman–Crippen MR) is 65.7 cm³/mol. The summed E-state index contributed by atoms with van der Waals surface area (Å²) in [7, 11) is 0. The van der Waals surface area contributed by atoms with Gasteiger partial charge < -0.3 is 0 Å². The standard InChI is InChI=1S/C11H4BrClN4/c12-7-1-2-10(8(13)3-7)17-6-16-9(4-14)11(17)5-15/h1-3,6H. The van der Waals surface area contributed by atoms with Crippen molar-refractivity contribution in [3.63, 3.8) is 0 Å². The first-order valence-corrected chi connectivity index (χ1v) is 5.67. The van der Waals surface area contributed by atoms with E-state index in [9.17, 15) is 0 Å². The van der Waals surface area contributed by atoms with E-state index >= 15 is 0 Å². The average molecular weight is 308 g/mol. The molecule has 2 aromatic rings. The van der Waals surface area contributed by atoms with Crippen molar-refractivity contribution in [1.82, 2.24) is 9.55 Å². The Bertz CT molecular complexity index is 663. The van der Waals surface area contributed by atoms with Crippen molar-refractivity contribution in [3.8, 4) is 17.8 Å². The third kappa shape index (κ3) is 2.03. The monoisotopic (exact) mass is 306 g/mol. The molecule has 0 aliphatic heterocycles. The molecule has 1 aromatic carbocycles. The van der Waals surface area contributed by atoms with Crippen LogP contribution in [0.3, 0.4) is 0 Å². The van der Waals surface area contributed by atoms with E-state index in [4.69, 9.17) is 22.1 Å². The number of nitrogens with zero attached hydrogens (tertiary/aromatic N) is 4. The van der Waals surface area contributed by atoms with Gasteiger partial charge in [0, 0.05) is 4.47 Å². The summed E-state index contributed by atoms with van der Waals surface area (Å²) < 4.78 is 2.33. The van der Waals surface area contributed by atoms with Crippen LogP contribution in [0.25, 0.3) is 5.69 Å². The molecule has 1 heterocycles. The maximum Gasteiger partial charge on any atom is 0.177 e. The molecule has 0 aliphatic rings. The number of hydrogen-bond donors (Lipinski definition) is 0. The molecule has 2 rings (SSSR count). The lowest BCUT2D eigenvalue weighted by Crippen LogP contribution is -1.97. The molecule has 4 nitrogen and oxygen atoms in total. The van der Waals surface area contributed by atoms with Crippen molar-refractivity contribution in [3.05, 3.63) is 45.4 Å². The number of aromatic nitrogens is 2. The van der Waals surface area contributed by atoms with Crippen LogP contribution in [0.1, 0.15) is 11.4 Å². The second-order valence-electron chi connectivity index (χ2n) is 3.13. The molecule has 0 spiro atoms. The molecule has 0 saturated carbocycles. The Morgan fingerprint density at radius 1 is 1.29 bits per heavy atom. The minimum Gasteiger partial charge on any atom is -0.288 e. The second-order valence-corrected chi connectivity index (χ2v) is 4.45. The molecule has 0 atom stereocenters. The zero-order valence-corrected chi connectivity index (χ0v) is 10.7. The summed E-state index contributed by atoms with van der Waals surface area (Å²) >= 11 is 9.37. The maximum absolute atomic E-state index is 9.01. The van der Waals surface area contributed by atoms with Gasteiger partial charge in [0.2, 0.25) is 0 Å². The lowest BCUT2D eigenvalue weighted by Gasteiger charge is -2.06. The summed E-state index contributed by atoms with van der Waals surface area (Å²) in [6.07, 6.45) is 1.41. The van der Waals surface area contributed by atoms with Crippen LogP contribution in [0.4, 0.5) is 0 Å². The van der Waals surface area contributed by atoms with Crippen molar-refractivity contribution in [1.29, 1.82) is 10.5 Å². The van der Waals surface area contributed by atoms with Gasteiger partial charge >= 0.3 is 0 Å². The number of rotatable bonds is 1. The predicted octanol–water partition coefficient (Wildman–Crippen LogP) is 3.03. The summed E-state index contributed by atoms with van der Waals surface area (Å²) in [6, 6.07) is 9.06. The van der Waals surface area contributed by atoms with E-state index in [0.29, 0.717) is 10.7 Å². The molecule has 1 aromatic heterocycles. The molecular weight excluding hydrogens is 304 g/mol. The van der Waals surface area contributed by atoms with E-state index < -0.39 is 0 Å². The molecule has 0 bridgehead atoms. The van der Waals surface area contributed by atoms with E-state index in [0.717, 1.165) is 4.47 Å². The topological polar surface area (TPSA) is 65.4 Å². The molecule has 0 N–H and O–H groups in total. The van der Waals surface area contributed by atoms with Crippen LogP contribution in [0.15, 0.2) is 29.0 Å². The first-order valence-electron chi connectivity index (χ1n) is 4.50. The molecule has 0 radical (unpaired) electrons. The van der Waals surface area contributed by atoms with Gasteiger partial charge in [-0.25, -0.2) is 4.98 Å². The van der Waals surface area contributed by atoms with E-state index in [-0.39, 0.29) is 11.4 Å². The Hall–Kier alpha value is -1.82. The maximum atomic E-state index is 9.01. The fourth-order valence-electron chi connectivity index (χ4n) is 1.40. The lowest BCUT2D eigenvalue weighted by molar-refractivity contribution is 1.03. The molecule has 0 saturated heterocycles. The van der Waals surface area contributed by atoms with Crippen molar-refractivity contribution >= 4 is 27.5 Å². The van der Waals surface area contributed by atoms with Crippen LogP contribution >= 0.6 is 27.5 Å². The van der Waals surface area contributed by atoms with Crippen LogP contribution in [-0.2, 0) is 0 Å². The largest absolute Gasteiger partial charge is 0.288 e. The minimum atomic E-state index is 0.0893. The van der Waals surface area contributed by atoms with Gasteiger partial charge in [-0.05, 0) is 18.2 Å². The highest BCUT2D eigenvalue weighted by atomic mass is 79.9. The van der Waals surface area contributed by atoms with Crippen LogP contribution < -0.4 is 0 Å². The number of nitriles is 2. The fourth-order valence-corrected chi connectivity index (χ4v) is 2.16. The van der Waals surface area contributed by atoms with Crippen LogP contribution in [0.2, 0.25) is 5.02 Å². The highest BCUT2D eigenvalue weighted by Gasteiger charge is 2.13. The van der Waals surface area contributed by atoms with Crippen molar-refractivity contribution in [2.75, 3.05) is 0 Å². The Morgan fingerprint density at radius 3 is 2.65 bits per heavy atom. The van der Waals surface area contributed by atoms with Crippen molar-refractivity contribution in [2.45, 2.75) is 0 Å². The molecule has 0 unspecified atom stereocenters. The van der Waals surface area contributed by atoms with E-state index in [2.05, 4.69) is 20.9 Å².